The summed E-state index contributed by atoms with van der Waals surface area (Å²) in [5.74, 6) is 0.0399. The van der Waals surface area contributed by atoms with Crippen molar-refractivity contribution in [3.8, 4) is 5.75 Å². The molecule has 3 rings (SSSR count). The largest absolute Gasteiger partial charge is 0.501 e. The summed E-state index contributed by atoms with van der Waals surface area (Å²) < 4.78 is 52.2. The SMILES string of the molecule is CCO/C=C/c1cc(C(F)(F)F)c2n1CCN(Cc1ccc(OC)cc1)C2=O. The average Bonchev–Trinajstić information content (AvgIpc) is 3.05. The van der Waals surface area contributed by atoms with Crippen LogP contribution in [0.3, 0.4) is 0 Å². The average molecular weight is 394 g/mol. The third kappa shape index (κ3) is 4.00. The van der Waals surface area contributed by atoms with Gasteiger partial charge in [0.25, 0.3) is 5.91 Å². The van der Waals surface area contributed by atoms with Crippen molar-refractivity contribution in [1.29, 1.82) is 0 Å². The first-order chi connectivity index (χ1) is 13.3. The molecule has 0 bridgehead atoms. The number of hydrogen-bond acceptors (Lipinski definition) is 3. The molecule has 0 N–H and O–H groups in total. The van der Waals surface area contributed by atoms with Crippen LogP contribution in [0, 0.1) is 0 Å². The molecule has 0 saturated carbocycles. The van der Waals surface area contributed by atoms with Crippen LogP contribution in [-0.4, -0.2) is 35.6 Å². The van der Waals surface area contributed by atoms with E-state index in [0.717, 1.165) is 11.6 Å². The number of nitrogens with zero attached hydrogens (tertiary/aromatic N) is 2. The smallest absolute Gasteiger partial charge is 0.418 e. The highest BCUT2D eigenvalue weighted by molar-refractivity contribution is 5.95. The number of alkyl halides is 3. The summed E-state index contributed by atoms with van der Waals surface area (Å²) in [5.41, 5.74) is -0.135. The maximum absolute atomic E-state index is 13.5. The zero-order valence-corrected chi connectivity index (χ0v) is 15.6. The van der Waals surface area contributed by atoms with E-state index >= 15 is 0 Å². The van der Waals surface area contributed by atoms with E-state index in [1.807, 2.05) is 0 Å². The second kappa shape index (κ2) is 8.00. The van der Waals surface area contributed by atoms with Gasteiger partial charge in [0.1, 0.15) is 11.4 Å². The number of aromatic nitrogens is 1. The van der Waals surface area contributed by atoms with E-state index in [-0.39, 0.29) is 18.8 Å². The van der Waals surface area contributed by atoms with Crippen molar-refractivity contribution in [2.75, 3.05) is 20.3 Å². The molecule has 2 aromatic rings. The summed E-state index contributed by atoms with van der Waals surface area (Å²) in [7, 11) is 1.55. The maximum Gasteiger partial charge on any atom is 0.418 e. The van der Waals surface area contributed by atoms with Gasteiger partial charge in [-0.1, -0.05) is 12.1 Å². The number of amides is 1. The van der Waals surface area contributed by atoms with Crippen molar-refractivity contribution in [2.24, 2.45) is 0 Å². The van der Waals surface area contributed by atoms with Crippen molar-refractivity contribution >= 4 is 12.0 Å². The Morgan fingerprint density at radius 2 is 1.89 bits per heavy atom. The van der Waals surface area contributed by atoms with Crippen LogP contribution in [-0.2, 0) is 24.0 Å². The Hall–Kier alpha value is -2.90. The molecule has 1 aliphatic rings. The van der Waals surface area contributed by atoms with Gasteiger partial charge in [0.15, 0.2) is 0 Å². The first-order valence-corrected chi connectivity index (χ1v) is 8.86. The summed E-state index contributed by atoms with van der Waals surface area (Å²) in [4.78, 5) is 14.3. The van der Waals surface area contributed by atoms with Crippen LogP contribution in [0.1, 0.15) is 34.2 Å². The highest BCUT2D eigenvalue weighted by Crippen LogP contribution is 2.36. The van der Waals surface area contributed by atoms with Crippen LogP contribution in [0.25, 0.3) is 6.08 Å². The van der Waals surface area contributed by atoms with E-state index in [1.54, 1.807) is 38.3 Å². The quantitative estimate of drug-likeness (QED) is 0.691. The second-order valence-electron chi connectivity index (χ2n) is 6.31. The molecule has 0 aliphatic carbocycles. The fourth-order valence-corrected chi connectivity index (χ4v) is 3.18. The number of carbonyl (C=O) groups excluding carboxylic acids is 1. The summed E-state index contributed by atoms with van der Waals surface area (Å²) in [6.07, 6.45) is -1.82. The fourth-order valence-electron chi connectivity index (χ4n) is 3.18. The number of benzene rings is 1. The summed E-state index contributed by atoms with van der Waals surface area (Å²) in [5, 5.41) is 0. The van der Waals surface area contributed by atoms with Crippen molar-refractivity contribution in [2.45, 2.75) is 26.2 Å². The first-order valence-electron chi connectivity index (χ1n) is 8.86. The summed E-state index contributed by atoms with van der Waals surface area (Å²) >= 11 is 0. The Morgan fingerprint density at radius 1 is 1.18 bits per heavy atom. The predicted octanol–water partition coefficient (Wildman–Crippen LogP) is 4.18. The lowest BCUT2D eigenvalue weighted by Crippen LogP contribution is -2.40. The molecule has 0 spiro atoms. The monoisotopic (exact) mass is 394 g/mol. The van der Waals surface area contributed by atoms with Crippen molar-refractivity contribution in [3.63, 3.8) is 0 Å². The third-order valence-electron chi connectivity index (χ3n) is 4.55. The van der Waals surface area contributed by atoms with E-state index in [2.05, 4.69) is 0 Å². The molecule has 1 aliphatic heterocycles. The van der Waals surface area contributed by atoms with Crippen molar-refractivity contribution < 1.29 is 27.4 Å². The predicted molar refractivity (Wildman–Crippen MR) is 97.8 cm³/mol. The number of fused-ring (bicyclic) bond motifs is 1. The van der Waals surface area contributed by atoms with Gasteiger partial charge >= 0.3 is 6.18 Å². The highest BCUT2D eigenvalue weighted by Gasteiger charge is 2.41. The minimum absolute atomic E-state index is 0.232. The van der Waals surface area contributed by atoms with Crippen LogP contribution in [0.15, 0.2) is 36.6 Å². The zero-order chi connectivity index (χ0) is 20.3. The molecule has 1 aromatic heterocycles. The van der Waals surface area contributed by atoms with E-state index in [4.69, 9.17) is 9.47 Å². The molecule has 8 heteroatoms. The normalized spacial score (nSPS) is 14.5. The van der Waals surface area contributed by atoms with Crippen LogP contribution < -0.4 is 4.74 Å². The molecule has 28 heavy (non-hydrogen) atoms. The minimum Gasteiger partial charge on any atom is -0.501 e. The lowest BCUT2D eigenvalue weighted by molar-refractivity contribution is -0.138. The highest BCUT2D eigenvalue weighted by atomic mass is 19.4. The number of carbonyl (C=O) groups is 1. The molecule has 2 heterocycles. The molecule has 5 nitrogen and oxygen atoms in total. The molecule has 1 aromatic carbocycles. The molecule has 0 fully saturated rings. The molecule has 0 atom stereocenters. The van der Waals surface area contributed by atoms with Gasteiger partial charge in [-0.05, 0) is 36.8 Å². The van der Waals surface area contributed by atoms with E-state index in [9.17, 15) is 18.0 Å². The van der Waals surface area contributed by atoms with Crippen LogP contribution in [0.5, 0.6) is 5.75 Å². The van der Waals surface area contributed by atoms with Gasteiger partial charge in [-0.2, -0.15) is 13.2 Å². The zero-order valence-electron chi connectivity index (χ0n) is 15.6. The minimum atomic E-state index is -4.62. The number of rotatable bonds is 6. The number of methoxy groups -OCH3 is 1. The molecule has 0 saturated heterocycles. The Balaban J connectivity index is 1.91. The summed E-state index contributed by atoms with van der Waals surface area (Å²) in [6, 6.07) is 8.09. The van der Waals surface area contributed by atoms with Crippen LogP contribution in [0.4, 0.5) is 13.2 Å². The Kier molecular flexibility index (Phi) is 5.67. The van der Waals surface area contributed by atoms with Gasteiger partial charge in [0, 0.05) is 25.3 Å². The second-order valence-corrected chi connectivity index (χ2v) is 6.31. The fraction of sp³-hybridized carbons (Fsp3) is 0.350. The standard InChI is InChI=1S/C20H21F3N2O3/c1-3-28-11-8-15-12-17(20(21,22)23)18-19(26)24(9-10-25(15)18)13-14-4-6-16(27-2)7-5-14/h4-8,11-12H,3,9-10,13H2,1-2H3/b11-8+. The van der Waals surface area contributed by atoms with Gasteiger partial charge in [-0.15, -0.1) is 0 Å². The lowest BCUT2D eigenvalue weighted by Gasteiger charge is -2.30. The third-order valence-corrected chi connectivity index (χ3v) is 4.55. The first kappa shape index (κ1) is 19.9. The molecular weight excluding hydrogens is 373 g/mol. The van der Waals surface area contributed by atoms with Gasteiger partial charge in [-0.25, -0.2) is 0 Å². The topological polar surface area (TPSA) is 43.7 Å². The lowest BCUT2D eigenvalue weighted by atomic mass is 10.1. The molecule has 1 amide bonds. The molecule has 0 unspecified atom stereocenters. The van der Waals surface area contributed by atoms with Crippen LogP contribution >= 0.6 is 0 Å². The van der Waals surface area contributed by atoms with Crippen molar-refractivity contribution in [3.05, 3.63) is 59.1 Å². The van der Waals surface area contributed by atoms with Crippen molar-refractivity contribution in [1.82, 2.24) is 9.47 Å². The van der Waals surface area contributed by atoms with E-state index in [1.165, 1.54) is 21.8 Å². The summed E-state index contributed by atoms with van der Waals surface area (Å²) in [6.45, 7) is 3.01. The molecular formula is C20H21F3N2O3. The van der Waals surface area contributed by atoms with Gasteiger partial charge < -0.3 is 18.9 Å². The van der Waals surface area contributed by atoms with Gasteiger partial charge in [0.05, 0.1) is 25.5 Å². The molecule has 0 radical (unpaired) electrons. The van der Waals surface area contributed by atoms with Gasteiger partial charge in [0.2, 0.25) is 0 Å². The Labute approximate surface area is 161 Å². The Bertz CT molecular complexity index is 870. The number of hydrogen-bond donors (Lipinski definition) is 0. The molecule has 150 valence electrons. The number of halogens is 3. The van der Waals surface area contributed by atoms with Crippen LogP contribution in [0.2, 0.25) is 0 Å². The van der Waals surface area contributed by atoms with Gasteiger partial charge in [-0.3, -0.25) is 4.79 Å². The van der Waals surface area contributed by atoms with E-state index < -0.39 is 17.6 Å². The Morgan fingerprint density at radius 3 is 2.50 bits per heavy atom. The maximum atomic E-state index is 13.5. The number of ether oxygens (including phenoxy) is 2. The van der Waals surface area contributed by atoms with E-state index in [0.29, 0.717) is 24.6 Å².